The Bertz CT molecular complexity index is 973. The van der Waals surface area contributed by atoms with Gasteiger partial charge in [-0.05, 0) is 74.2 Å². The highest BCUT2D eigenvalue weighted by Crippen LogP contribution is 2.28. The smallest absolute Gasteiger partial charge is 0.126 e. The summed E-state index contributed by atoms with van der Waals surface area (Å²) in [6.45, 7) is 2.64. The second-order valence-corrected chi connectivity index (χ2v) is 7.87. The lowest BCUT2D eigenvalue weighted by atomic mass is 9.94. The van der Waals surface area contributed by atoms with Crippen molar-refractivity contribution >= 4 is 17.4 Å². The van der Waals surface area contributed by atoms with Gasteiger partial charge in [0.05, 0.1) is 10.7 Å². The fraction of sp³-hybridized carbons (Fsp3) is 0.304. The lowest BCUT2D eigenvalue weighted by Gasteiger charge is -2.22. The van der Waals surface area contributed by atoms with Crippen molar-refractivity contribution in [2.45, 2.75) is 25.8 Å². The molecule has 1 aliphatic rings. The number of halogens is 2. The summed E-state index contributed by atoms with van der Waals surface area (Å²) in [6.07, 6.45) is 5.10. The molecule has 2 N–H and O–H groups in total. The highest BCUT2D eigenvalue weighted by molar-refractivity contribution is 6.33. The van der Waals surface area contributed by atoms with Crippen LogP contribution in [0.4, 0.5) is 10.2 Å². The van der Waals surface area contributed by atoms with E-state index in [0.29, 0.717) is 17.5 Å². The van der Waals surface area contributed by atoms with Gasteiger partial charge in [0.15, 0.2) is 0 Å². The van der Waals surface area contributed by atoms with E-state index in [-0.39, 0.29) is 5.82 Å². The van der Waals surface area contributed by atoms with Gasteiger partial charge in [0.25, 0.3) is 0 Å². The van der Waals surface area contributed by atoms with E-state index in [2.05, 4.69) is 21.7 Å². The maximum absolute atomic E-state index is 13.4. The molecule has 0 spiro atoms. The van der Waals surface area contributed by atoms with E-state index in [1.54, 1.807) is 12.3 Å². The Kier molecular flexibility index (Phi) is 6.37. The lowest BCUT2D eigenvalue weighted by Crippen LogP contribution is -2.31. The number of nitrogens with zero attached hydrogens (tertiary/aromatic N) is 2. The number of pyridine rings is 2. The van der Waals surface area contributed by atoms with Crippen LogP contribution in [0.2, 0.25) is 5.02 Å². The van der Waals surface area contributed by atoms with Crippen molar-refractivity contribution in [2.75, 3.05) is 18.4 Å². The molecule has 0 saturated carbocycles. The van der Waals surface area contributed by atoms with Gasteiger partial charge in [0.1, 0.15) is 11.6 Å². The van der Waals surface area contributed by atoms with Crippen molar-refractivity contribution < 1.29 is 4.39 Å². The summed E-state index contributed by atoms with van der Waals surface area (Å²) >= 11 is 6.44. The van der Waals surface area contributed by atoms with Crippen LogP contribution >= 0.6 is 11.6 Å². The first-order chi connectivity index (χ1) is 14.2. The highest BCUT2D eigenvalue weighted by atomic mass is 35.5. The van der Waals surface area contributed by atoms with Crippen molar-refractivity contribution in [2.24, 2.45) is 5.92 Å². The molecule has 6 heteroatoms. The van der Waals surface area contributed by atoms with Crippen LogP contribution in [0.25, 0.3) is 11.3 Å². The molecule has 150 valence electrons. The summed E-state index contributed by atoms with van der Waals surface area (Å²) in [5, 5.41) is 7.29. The van der Waals surface area contributed by atoms with Crippen LogP contribution < -0.4 is 10.6 Å². The Labute approximate surface area is 175 Å². The Morgan fingerprint density at radius 2 is 2.07 bits per heavy atom. The fourth-order valence-electron chi connectivity index (χ4n) is 3.71. The SMILES string of the molecule is Fc1cccc(CNc2cccc(-c3cc(C[C@H]4CCCNC4)ncc3Cl)n2)c1. The molecule has 3 aromatic rings. The maximum atomic E-state index is 13.4. The van der Waals surface area contributed by atoms with E-state index in [4.69, 9.17) is 16.6 Å². The number of aromatic nitrogens is 2. The average Bonchev–Trinajstić information content (AvgIpc) is 2.75. The third-order valence-corrected chi connectivity index (χ3v) is 5.50. The van der Waals surface area contributed by atoms with Gasteiger partial charge in [-0.1, -0.05) is 29.8 Å². The second kappa shape index (κ2) is 9.33. The number of nitrogens with one attached hydrogen (secondary N) is 2. The molecule has 0 amide bonds. The number of piperidine rings is 1. The largest absolute Gasteiger partial charge is 0.366 e. The molecule has 1 aromatic carbocycles. The number of hydrogen-bond acceptors (Lipinski definition) is 4. The molecule has 29 heavy (non-hydrogen) atoms. The Hall–Kier alpha value is -2.50. The summed E-state index contributed by atoms with van der Waals surface area (Å²) in [6, 6.07) is 14.4. The molecule has 1 saturated heterocycles. The molecule has 0 aliphatic carbocycles. The van der Waals surface area contributed by atoms with E-state index in [0.717, 1.165) is 47.8 Å². The van der Waals surface area contributed by atoms with E-state index in [1.807, 2.05) is 24.3 Å². The monoisotopic (exact) mass is 410 g/mol. The van der Waals surface area contributed by atoms with Crippen LogP contribution in [0.3, 0.4) is 0 Å². The Morgan fingerprint density at radius 1 is 1.17 bits per heavy atom. The second-order valence-electron chi connectivity index (χ2n) is 7.46. The van der Waals surface area contributed by atoms with Gasteiger partial charge in [-0.2, -0.15) is 0 Å². The third-order valence-electron chi connectivity index (χ3n) is 5.20. The van der Waals surface area contributed by atoms with Gasteiger partial charge in [-0.25, -0.2) is 9.37 Å². The van der Waals surface area contributed by atoms with Crippen LogP contribution in [-0.2, 0) is 13.0 Å². The summed E-state index contributed by atoms with van der Waals surface area (Å²) < 4.78 is 13.4. The first kappa shape index (κ1) is 19.8. The van der Waals surface area contributed by atoms with Gasteiger partial charge in [-0.3, -0.25) is 4.98 Å². The first-order valence-corrected chi connectivity index (χ1v) is 10.4. The predicted molar refractivity (Wildman–Crippen MR) is 116 cm³/mol. The lowest BCUT2D eigenvalue weighted by molar-refractivity contribution is 0.373. The number of hydrogen-bond donors (Lipinski definition) is 2. The molecule has 3 heterocycles. The number of rotatable bonds is 6. The van der Waals surface area contributed by atoms with Crippen molar-refractivity contribution in [3.8, 4) is 11.3 Å². The zero-order valence-corrected chi connectivity index (χ0v) is 16.9. The van der Waals surface area contributed by atoms with E-state index < -0.39 is 0 Å². The molecule has 2 aromatic heterocycles. The summed E-state index contributed by atoms with van der Waals surface area (Å²) in [4.78, 5) is 9.23. The zero-order chi connectivity index (χ0) is 20.1. The Balaban J connectivity index is 1.50. The average molecular weight is 411 g/mol. The van der Waals surface area contributed by atoms with E-state index in [9.17, 15) is 4.39 Å². The quantitative estimate of drug-likeness (QED) is 0.594. The van der Waals surface area contributed by atoms with Crippen LogP contribution in [-0.4, -0.2) is 23.1 Å². The van der Waals surface area contributed by atoms with Gasteiger partial charge >= 0.3 is 0 Å². The minimum absolute atomic E-state index is 0.240. The summed E-state index contributed by atoms with van der Waals surface area (Å²) in [5.74, 6) is 1.09. The normalized spacial score (nSPS) is 16.6. The number of anilines is 1. The van der Waals surface area contributed by atoms with Crippen molar-refractivity contribution in [1.29, 1.82) is 0 Å². The van der Waals surface area contributed by atoms with Gasteiger partial charge in [-0.15, -0.1) is 0 Å². The van der Waals surface area contributed by atoms with Gasteiger partial charge in [0.2, 0.25) is 0 Å². The van der Waals surface area contributed by atoms with E-state index in [1.165, 1.54) is 25.0 Å². The predicted octanol–water partition coefficient (Wildman–Crippen LogP) is 5.09. The molecule has 0 radical (unpaired) electrons. The molecule has 1 aliphatic heterocycles. The van der Waals surface area contributed by atoms with Crippen molar-refractivity contribution in [3.05, 3.63) is 76.8 Å². The van der Waals surface area contributed by atoms with E-state index >= 15 is 0 Å². The van der Waals surface area contributed by atoms with Crippen LogP contribution in [0, 0.1) is 11.7 Å². The summed E-state index contributed by atoms with van der Waals surface area (Å²) in [5.41, 5.74) is 3.58. The Morgan fingerprint density at radius 3 is 2.90 bits per heavy atom. The molecule has 1 atom stereocenters. The summed E-state index contributed by atoms with van der Waals surface area (Å²) in [7, 11) is 0. The minimum Gasteiger partial charge on any atom is -0.366 e. The van der Waals surface area contributed by atoms with Gasteiger partial charge in [0, 0.05) is 24.0 Å². The molecule has 4 nitrogen and oxygen atoms in total. The van der Waals surface area contributed by atoms with Crippen LogP contribution in [0.1, 0.15) is 24.1 Å². The topological polar surface area (TPSA) is 49.8 Å². The van der Waals surface area contributed by atoms with Crippen LogP contribution in [0.5, 0.6) is 0 Å². The maximum Gasteiger partial charge on any atom is 0.126 e. The first-order valence-electron chi connectivity index (χ1n) is 9.98. The molecular weight excluding hydrogens is 387 g/mol. The highest BCUT2D eigenvalue weighted by Gasteiger charge is 2.16. The van der Waals surface area contributed by atoms with Crippen LogP contribution in [0.15, 0.2) is 54.7 Å². The fourth-order valence-corrected chi connectivity index (χ4v) is 3.91. The third kappa shape index (κ3) is 5.31. The van der Waals surface area contributed by atoms with Crippen molar-refractivity contribution in [3.63, 3.8) is 0 Å². The zero-order valence-electron chi connectivity index (χ0n) is 16.2. The molecule has 0 unspecified atom stereocenters. The molecule has 4 rings (SSSR count). The molecule has 0 bridgehead atoms. The van der Waals surface area contributed by atoms with Crippen molar-refractivity contribution in [1.82, 2.24) is 15.3 Å². The van der Waals surface area contributed by atoms with Gasteiger partial charge < -0.3 is 10.6 Å². The molecule has 1 fully saturated rings. The minimum atomic E-state index is -0.240. The standard InChI is InChI=1S/C23H24ClFN4/c24-21-15-27-19(11-17-5-3-9-26-13-17)12-20(21)22-7-2-8-23(29-22)28-14-16-4-1-6-18(25)10-16/h1-2,4,6-8,10,12,15,17,26H,3,5,9,11,13-14H2,(H,28,29)/t17-/m1/s1. The molecular formula is C23H24ClFN4. The number of benzene rings is 1.